The molecule has 1 aromatic rings. The highest BCUT2D eigenvalue weighted by Crippen LogP contribution is 2.26. The first-order valence-corrected chi connectivity index (χ1v) is 9.59. The zero-order chi connectivity index (χ0) is 14.5. The maximum Gasteiger partial charge on any atom is 0.161 e. The van der Waals surface area contributed by atoms with Crippen molar-refractivity contribution in [2.75, 3.05) is 23.9 Å². The third-order valence-corrected chi connectivity index (χ3v) is 4.04. The molecule has 0 heterocycles. The molecule has 0 radical (unpaired) electrons. The summed E-state index contributed by atoms with van der Waals surface area (Å²) in [5, 5.41) is 2.14. The molecule has 0 unspecified atom stereocenters. The van der Waals surface area contributed by atoms with E-state index in [1.54, 1.807) is 0 Å². The summed E-state index contributed by atoms with van der Waals surface area (Å²) >= 11 is 6.88. The van der Waals surface area contributed by atoms with Gasteiger partial charge in [-0.25, -0.2) is 0 Å². The quantitative estimate of drug-likeness (QED) is 0.332. The van der Waals surface area contributed by atoms with Crippen molar-refractivity contribution in [3.05, 3.63) is 24.3 Å². The Bertz CT molecular complexity index is 312. The second-order valence-corrected chi connectivity index (χ2v) is 6.23. The van der Waals surface area contributed by atoms with Gasteiger partial charge < -0.3 is 9.47 Å². The highest BCUT2D eigenvalue weighted by molar-refractivity contribution is 9.09. The number of benzene rings is 1. The summed E-state index contributed by atoms with van der Waals surface area (Å²) in [4.78, 5) is 0. The van der Waals surface area contributed by atoms with Gasteiger partial charge in [0.25, 0.3) is 0 Å². The molecule has 0 amide bonds. The van der Waals surface area contributed by atoms with E-state index in [2.05, 4.69) is 31.9 Å². The second kappa shape index (κ2) is 12.5. The fraction of sp³-hybridized carbons (Fsp3) is 0.625. The maximum absolute atomic E-state index is 5.81. The van der Waals surface area contributed by atoms with Crippen LogP contribution >= 0.6 is 31.9 Å². The number of rotatable bonds is 12. The van der Waals surface area contributed by atoms with Crippen molar-refractivity contribution in [1.82, 2.24) is 0 Å². The highest BCUT2D eigenvalue weighted by atomic mass is 79.9. The molecular formula is C16H24Br2O2. The number of alkyl halides is 2. The summed E-state index contributed by atoms with van der Waals surface area (Å²) < 4.78 is 11.6. The van der Waals surface area contributed by atoms with Crippen LogP contribution in [-0.2, 0) is 0 Å². The van der Waals surface area contributed by atoms with E-state index < -0.39 is 0 Å². The Balaban J connectivity index is 2.27. The summed E-state index contributed by atoms with van der Waals surface area (Å²) in [7, 11) is 0. The summed E-state index contributed by atoms with van der Waals surface area (Å²) in [6, 6.07) is 7.95. The molecule has 1 rings (SSSR count). The van der Waals surface area contributed by atoms with Gasteiger partial charge in [-0.15, -0.1) is 0 Å². The van der Waals surface area contributed by atoms with Gasteiger partial charge in [0, 0.05) is 10.7 Å². The Morgan fingerprint density at radius 3 is 1.50 bits per heavy atom. The number of halogens is 2. The first-order valence-electron chi connectivity index (χ1n) is 7.35. The van der Waals surface area contributed by atoms with Crippen LogP contribution in [0.5, 0.6) is 11.5 Å². The predicted molar refractivity (Wildman–Crippen MR) is 92.7 cm³/mol. The van der Waals surface area contributed by atoms with Gasteiger partial charge in [-0.1, -0.05) is 44.0 Å². The molecule has 0 aromatic heterocycles. The van der Waals surface area contributed by atoms with Crippen LogP contribution in [-0.4, -0.2) is 23.9 Å². The van der Waals surface area contributed by atoms with E-state index in [0.717, 1.165) is 48.2 Å². The summed E-state index contributed by atoms with van der Waals surface area (Å²) in [6.07, 6.45) is 6.97. The average Bonchev–Trinajstić information content (AvgIpc) is 2.48. The Morgan fingerprint density at radius 1 is 0.650 bits per heavy atom. The number of para-hydroxylation sites is 2. The van der Waals surface area contributed by atoms with Gasteiger partial charge in [0.05, 0.1) is 13.2 Å². The number of hydrogen-bond donors (Lipinski definition) is 0. The van der Waals surface area contributed by atoms with Crippen molar-refractivity contribution in [3.63, 3.8) is 0 Å². The van der Waals surface area contributed by atoms with E-state index in [9.17, 15) is 0 Å². The Morgan fingerprint density at radius 2 is 1.10 bits per heavy atom. The van der Waals surface area contributed by atoms with Gasteiger partial charge in [0.1, 0.15) is 0 Å². The van der Waals surface area contributed by atoms with Crippen molar-refractivity contribution in [3.8, 4) is 11.5 Å². The van der Waals surface area contributed by atoms with Crippen molar-refractivity contribution in [1.29, 1.82) is 0 Å². The Labute approximate surface area is 139 Å². The Kier molecular flexibility index (Phi) is 11.2. The van der Waals surface area contributed by atoms with Crippen LogP contribution in [0.3, 0.4) is 0 Å². The van der Waals surface area contributed by atoms with Crippen molar-refractivity contribution >= 4 is 31.9 Å². The van der Waals surface area contributed by atoms with Gasteiger partial charge in [-0.05, 0) is 50.7 Å². The van der Waals surface area contributed by atoms with Gasteiger partial charge in [0.15, 0.2) is 11.5 Å². The smallest absolute Gasteiger partial charge is 0.161 e. The van der Waals surface area contributed by atoms with E-state index in [1.165, 1.54) is 25.7 Å². The second-order valence-electron chi connectivity index (χ2n) is 4.64. The van der Waals surface area contributed by atoms with Gasteiger partial charge >= 0.3 is 0 Å². The van der Waals surface area contributed by atoms with Crippen LogP contribution in [0.4, 0.5) is 0 Å². The Hall–Kier alpha value is -0.220. The summed E-state index contributed by atoms with van der Waals surface area (Å²) in [6.45, 7) is 1.52. The SMILES string of the molecule is BrCCCCCOc1ccccc1OCCCCCBr. The molecule has 0 saturated heterocycles. The van der Waals surface area contributed by atoms with Crippen LogP contribution in [0, 0.1) is 0 Å². The zero-order valence-electron chi connectivity index (χ0n) is 12.0. The fourth-order valence-electron chi connectivity index (χ4n) is 1.80. The molecule has 1 aromatic carbocycles. The van der Waals surface area contributed by atoms with Crippen LogP contribution in [0.15, 0.2) is 24.3 Å². The van der Waals surface area contributed by atoms with E-state index in [0.29, 0.717) is 0 Å². The van der Waals surface area contributed by atoms with Crippen molar-refractivity contribution in [2.45, 2.75) is 38.5 Å². The minimum Gasteiger partial charge on any atom is -0.490 e. The van der Waals surface area contributed by atoms with E-state index in [-0.39, 0.29) is 0 Å². The standard InChI is InChI=1S/C16H24Br2O2/c17-11-5-1-7-13-19-15-9-3-4-10-16(15)20-14-8-2-6-12-18/h3-4,9-10H,1-2,5-8,11-14H2. The largest absolute Gasteiger partial charge is 0.490 e. The average molecular weight is 408 g/mol. The van der Waals surface area contributed by atoms with Gasteiger partial charge in [-0.2, -0.15) is 0 Å². The molecule has 0 saturated carbocycles. The lowest BCUT2D eigenvalue weighted by molar-refractivity contribution is 0.260. The third-order valence-electron chi connectivity index (χ3n) is 2.92. The van der Waals surface area contributed by atoms with Crippen LogP contribution in [0.25, 0.3) is 0 Å². The molecule has 0 aliphatic rings. The summed E-state index contributed by atoms with van der Waals surface area (Å²) in [5.41, 5.74) is 0. The molecule has 0 bridgehead atoms. The van der Waals surface area contributed by atoms with E-state index in [1.807, 2.05) is 24.3 Å². The lowest BCUT2D eigenvalue weighted by Gasteiger charge is -2.12. The third kappa shape index (κ3) is 8.15. The zero-order valence-corrected chi connectivity index (χ0v) is 15.1. The molecule has 114 valence electrons. The van der Waals surface area contributed by atoms with Gasteiger partial charge in [-0.3, -0.25) is 0 Å². The minimum atomic E-state index is 0.761. The van der Waals surface area contributed by atoms with Crippen LogP contribution in [0.2, 0.25) is 0 Å². The number of hydrogen-bond acceptors (Lipinski definition) is 2. The molecule has 20 heavy (non-hydrogen) atoms. The first-order chi connectivity index (χ1) is 9.88. The van der Waals surface area contributed by atoms with Crippen molar-refractivity contribution < 1.29 is 9.47 Å². The molecule has 0 fully saturated rings. The van der Waals surface area contributed by atoms with Crippen LogP contribution in [0.1, 0.15) is 38.5 Å². The predicted octanol–water partition coefficient (Wildman–Crippen LogP) is 5.57. The van der Waals surface area contributed by atoms with E-state index >= 15 is 0 Å². The lowest BCUT2D eigenvalue weighted by atomic mass is 10.2. The van der Waals surface area contributed by atoms with Crippen LogP contribution < -0.4 is 9.47 Å². The summed E-state index contributed by atoms with van der Waals surface area (Å²) in [5.74, 6) is 1.73. The number of ether oxygens (including phenoxy) is 2. The molecule has 0 aliphatic carbocycles. The molecule has 2 nitrogen and oxygen atoms in total. The normalized spacial score (nSPS) is 10.5. The maximum atomic E-state index is 5.81. The van der Waals surface area contributed by atoms with Crippen molar-refractivity contribution in [2.24, 2.45) is 0 Å². The molecular weight excluding hydrogens is 384 g/mol. The fourth-order valence-corrected chi connectivity index (χ4v) is 2.59. The monoisotopic (exact) mass is 406 g/mol. The molecule has 0 N–H and O–H groups in total. The molecule has 0 atom stereocenters. The molecule has 0 aliphatic heterocycles. The van der Waals surface area contributed by atoms with Gasteiger partial charge in [0.2, 0.25) is 0 Å². The lowest BCUT2D eigenvalue weighted by Crippen LogP contribution is -2.02. The topological polar surface area (TPSA) is 18.5 Å². The first kappa shape index (κ1) is 17.8. The van der Waals surface area contributed by atoms with E-state index in [4.69, 9.17) is 9.47 Å². The molecule has 0 spiro atoms. The highest BCUT2D eigenvalue weighted by Gasteiger charge is 2.03. The minimum absolute atomic E-state index is 0.761. The molecule has 4 heteroatoms. The number of unbranched alkanes of at least 4 members (excludes halogenated alkanes) is 4.